The van der Waals surface area contributed by atoms with Gasteiger partial charge in [-0.3, -0.25) is 9.78 Å². The van der Waals surface area contributed by atoms with E-state index in [1.54, 1.807) is 24.5 Å². The van der Waals surface area contributed by atoms with Gasteiger partial charge in [-0.2, -0.15) is 0 Å². The highest BCUT2D eigenvalue weighted by Gasteiger charge is 2.30. The van der Waals surface area contributed by atoms with Crippen molar-refractivity contribution in [3.05, 3.63) is 59.9 Å². The lowest BCUT2D eigenvalue weighted by atomic mass is 10.1. The fourth-order valence-corrected chi connectivity index (χ4v) is 4.46. The molecule has 144 valence electrons. The number of sulfonamides is 1. The van der Waals surface area contributed by atoms with Crippen LogP contribution in [0.15, 0.2) is 53.7 Å². The molecule has 2 aromatic rings. The van der Waals surface area contributed by atoms with E-state index in [2.05, 4.69) is 9.71 Å². The number of likely N-dealkylation sites (tertiary alicyclic amines) is 1. The molecular formula is C20H25N3O3S. The average molecular weight is 388 g/mol. The van der Waals surface area contributed by atoms with Crippen LogP contribution in [0.5, 0.6) is 0 Å². The van der Waals surface area contributed by atoms with Gasteiger partial charge in [0.05, 0.1) is 10.9 Å². The molecule has 1 unspecified atom stereocenters. The van der Waals surface area contributed by atoms with E-state index in [1.165, 1.54) is 12.1 Å². The third kappa shape index (κ3) is 4.54. The molecule has 1 amide bonds. The molecule has 1 aromatic heterocycles. The molecule has 0 spiro atoms. The van der Waals surface area contributed by atoms with E-state index in [0.29, 0.717) is 18.7 Å². The van der Waals surface area contributed by atoms with Crippen LogP contribution in [0.25, 0.3) is 0 Å². The van der Waals surface area contributed by atoms with E-state index in [-0.39, 0.29) is 22.8 Å². The number of amides is 1. The molecule has 0 bridgehead atoms. The van der Waals surface area contributed by atoms with Crippen LogP contribution >= 0.6 is 0 Å². The number of carbonyl (C=O) groups excluding carboxylic acids is 1. The number of nitrogens with one attached hydrogen (secondary N) is 1. The van der Waals surface area contributed by atoms with Gasteiger partial charge in [0.2, 0.25) is 10.0 Å². The van der Waals surface area contributed by atoms with Crippen molar-refractivity contribution in [2.75, 3.05) is 13.1 Å². The number of hydrogen-bond donors (Lipinski definition) is 1. The fraction of sp³-hybridized carbons (Fsp3) is 0.400. The standard InChI is InChI=1S/C20H25N3O3S/c1-15(2)14-22-27(25,26)18-7-5-17(6-8-18)20(24)23-13-3-4-19(23)16-9-11-21-12-10-16/h5-12,15,19,22H,3-4,13-14H2,1-2H3. The maximum absolute atomic E-state index is 13.0. The summed E-state index contributed by atoms with van der Waals surface area (Å²) >= 11 is 0. The van der Waals surface area contributed by atoms with Gasteiger partial charge in [-0.25, -0.2) is 13.1 Å². The van der Waals surface area contributed by atoms with Crippen LogP contribution < -0.4 is 4.72 Å². The molecular weight excluding hydrogens is 362 g/mol. The smallest absolute Gasteiger partial charge is 0.254 e. The number of pyridine rings is 1. The second-order valence-electron chi connectivity index (χ2n) is 7.21. The summed E-state index contributed by atoms with van der Waals surface area (Å²) in [5, 5.41) is 0. The molecule has 0 radical (unpaired) electrons. The Balaban J connectivity index is 1.76. The lowest BCUT2D eigenvalue weighted by molar-refractivity contribution is 0.0735. The van der Waals surface area contributed by atoms with Crippen molar-refractivity contribution in [1.29, 1.82) is 0 Å². The molecule has 1 N–H and O–H groups in total. The zero-order valence-corrected chi connectivity index (χ0v) is 16.4. The number of aromatic nitrogens is 1. The van der Waals surface area contributed by atoms with Crippen LogP contribution in [0.4, 0.5) is 0 Å². The topological polar surface area (TPSA) is 79.4 Å². The molecule has 1 aromatic carbocycles. The minimum absolute atomic E-state index is 0.0385. The second kappa shape index (κ2) is 8.19. The molecule has 2 heterocycles. The Bertz CT molecular complexity index is 880. The fourth-order valence-electron chi connectivity index (χ4n) is 3.24. The second-order valence-corrected chi connectivity index (χ2v) is 8.97. The quantitative estimate of drug-likeness (QED) is 0.826. The number of nitrogens with zero attached hydrogens (tertiary/aromatic N) is 2. The third-order valence-corrected chi connectivity index (χ3v) is 6.14. The monoisotopic (exact) mass is 387 g/mol. The Morgan fingerprint density at radius 3 is 2.48 bits per heavy atom. The minimum atomic E-state index is -3.55. The molecule has 3 rings (SSSR count). The molecule has 7 heteroatoms. The van der Waals surface area contributed by atoms with Gasteiger partial charge in [-0.05, 0) is 60.7 Å². The van der Waals surface area contributed by atoms with Crippen molar-refractivity contribution in [3.63, 3.8) is 0 Å². The highest BCUT2D eigenvalue weighted by Crippen LogP contribution is 2.32. The van der Waals surface area contributed by atoms with Crippen LogP contribution in [-0.2, 0) is 10.0 Å². The Morgan fingerprint density at radius 2 is 1.85 bits per heavy atom. The van der Waals surface area contributed by atoms with Gasteiger partial charge < -0.3 is 4.90 Å². The van der Waals surface area contributed by atoms with Gasteiger partial charge in [0.1, 0.15) is 0 Å². The SMILES string of the molecule is CC(C)CNS(=O)(=O)c1ccc(C(=O)N2CCCC2c2ccncc2)cc1. The van der Waals surface area contributed by atoms with E-state index in [4.69, 9.17) is 0 Å². The van der Waals surface area contributed by atoms with Crippen LogP contribution in [0, 0.1) is 5.92 Å². The van der Waals surface area contributed by atoms with Crippen molar-refractivity contribution < 1.29 is 13.2 Å². The lowest BCUT2D eigenvalue weighted by Crippen LogP contribution is -2.31. The summed E-state index contributed by atoms with van der Waals surface area (Å²) in [5.74, 6) is 0.148. The van der Waals surface area contributed by atoms with Crippen molar-refractivity contribution in [2.24, 2.45) is 5.92 Å². The van der Waals surface area contributed by atoms with Gasteiger partial charge in [0.25, 0.3) is 5.91 Å². The van der Waals surface area contributed by atoms with Gasteiger partial charge >= 0.3 is 0 Å². The van der Waals surface area contributed by atoms with Crippen molar-refractivity contribution in [2.45, 2.75) is 37.6 Å². The zero-order chi connectivity index (χ0) is 19.4. The molecule has 0 saturated carbocycles. The van der Waals surface area contributed by atoms with E-state index >= 15 is 0 Å². The highest BCUT2D eigenvalue weighted by molar-refractivity contribution is 7.89. The van der Waals surface area contributed by atoms with Crippen LogP contribution in [0.1, 0.15) is 48.7 Å². The van der Waals surface area contributed by atoms with Crippen LogP contribution in [0.3, 0.4) is 0 Å². The molecule has 0 aliphatic carbocycles. The highest BCUT2D eigenvalue weighted by atomic mass is 32.2. The first-order valence-electron chi connectivity index (χ1n) is 9.19. The maximum atomic E-state index is 13.0. The first-order chi connectivity index (χ1) is 12.9. The number of rotatable bonds is 6. The maximum Gasteiger partial charge on any atom is 0.254 e. The van der Waals surface area contributed by atoms with Crippen molar-refractivity contribution in [3.8, 4) is 0 Å². The van der Waals surface area contributed by atoms with Crippen LogP contribution in [-0.4, -0.2) is 37.3 Å². The summed E-state index contributed by atoms with van der Waals surface area (Å²) < 4.78 is 27.2. The summed E-state index contributed by atoms with van der Waals surface area (Å²) in [6.07, 6.45) is 5.34. The summed E-state index contributed by atoms with van der Waals surface area (Å²) in [6.45, 7) is 4.96. The predicted molar refractivity (Wildman–Crippen MR) is 104 cm³/mol. The van der Waals surface area contributed by atoms with Gasteiger partial charge in [0.15, 0.2) is 0 Å². The third-order valence-electron chi connectivity index (χ3n) is 4.70. The predicted octanol–water partition coefficient (Wildman–Crippen LogP) is 2.99. The largest absolute Gasteiger partial charge is 0.332 e. The Kier molecular flexibility index (Phi) is 5.92. The molecule has 6 nitrogen and oxygen atoms in total. The van der Waals surface area contributed by atoms with E-state index in [0.717, 1.165) is 18.4 Å². The number of hydrogen-bond acceptors (Lipinski definition) is 4. The number of benzene rings is 1. The van der Waals surface area contributed by atoms with Crippen LogP contribution in [0.2, 0.25) is 0 Å². The summed E-state index contributed by atoms with van der Waals surface area (Å²) in [4.78, 5) is 19.0. The lowest BCUT2D eigenvalue weighted by Gasteiger charge is -2.25. The van der Waals surface area contributed by atoms with E-state index in [9.17, 15) is 13.2 Å². The summed E-state index contributed by atoms with van der Waals surface area (Å²) in [7, 11) is -3.55. The number of carbonyl (C=O) groups is 1. The molecule has 1 atom stereocenters. The van der Waals surface area contributed by atoms with Crippen molar-refractivity contribution in [1.82, 2.24) is 14.6 Å². The molecule has 1 saturated heterocycles. The van der Waals surface area contributed by atoms with E-state index < -0.39 is 10.0 Å². The minimum Gasteiger partial charge on any atom is -0.332 e. The van der Waals surface area contributed by atoms with E-state index in [1.807, 2.05) is 30.9 Å². The van der Waals surface area contributed by atoms with Gasteiger partial charge in [0, 0.05) is 31.0 Å². The Hall–Kier alpha value is -2.25. The van der Waals surface area contributed by atoms with Crippen molar-refractivity contribution >= 4 is 15.9 Å². The first-order valence-corrected chi connectivity index (χ1v) is 10.7. The normalized spacial score (nSPS) is 17.4. The molecule has 1 fully saturated rings. The Morgan fingerprint density at radius 1 is 1.19 bits per heavy atom. The molecule has 1 aliphatic rings. The van der Waals surface area contributed by atoms with Gasteiger partial charge in [-0.15, -0.1) is 0 Å². The Labute approximate surface area is 160 Å². The summed E-state index contributed by atoms with van der Waals surface area (Å²) in [5.41, 5.74) is 1.58. The zero-order valence-electron chi connectivity index (χ0n) is 15.6. The molecule has 1 aliphatic heterocycles. The first kappa shape index (κ1) is 19.5. The van der Waals surface area contributed by atoms with Gasteiger partial charge in [-0.1, -0.05) is 13.8 Å². The summed E-state index contributed by atoms with van der Waals surface area (Å²) in [6, 6.07) is 10.1. The average Bonchev–Trinajstić information content (AvgIpc) is 3.16. The molecule has 27 heavy (non-hydrogen) atoms.